The van der Waals surface area contributed by atoms with E-state index in [9.17, 15) is 5.26 Å². The van der Waals surface area contributed by atoms with E-state index in [2.05, 4.69) is 28.1 Å². The molecule has 0 atom stereocenters. The first kappa shape index (κ1) is 14.6. The van der Waals surface area contributed by atoms with Crippen LogP contribution < -0.4 is 4.90 Å². The first-order chi connectivity index (χ1) is 11.0. The van der Waals surface area contributed by atoms with Crippen molar-refractivity contribution in [2.75, 3.05) is 11.9 Å². The van der Waals surface area contributed by atoms with E-state index in [4.69, 9.17) is 11.6 Å². The predicted octanol–water partition coefficient (Wildman–Crippen LogP) is 2.92. The van der Waals surface area contributed by atoms with Crippen molar-refractivity contribution >= 4 is 17.4 Å². The number of halogens is 1. The Labute approximate surface area is 140 Å². The number of aromatic nitrogens is 4. The van der Waals surface area contributed by atoms with Crippen LogP contribution in [0, 0.1) is 11.3 Å². The molecule has 6 nitrogen and oxygen atoms in total. The minimum absolute atomic E-state index is 0.0925. The summed E-state index contributed by atoms with van der Waals surface area (Å²) in [6, 6.07) is 2.25. The Morgan fingerprint density at radius 2 is 2.17 bits per heavy atom. The maximum atomic E-state index is 9.46. The second-order valence-corrected chi connectivity index (χ2v) is 7.10. The van der Waals surface area contributed by atoms with E-state index in [0.29, 0.717) is 16.4 Å². The van der Waals surface area contributed by atoms with Crippen LogP contribution in [0.5, 0.6) is 0 Å². The van der Waals surface area contributed by atoms with Crippen LogP contribution in [-0.2, 0) is 13.0 Å². The van der Waals surface area contributed by atoms with Crippen LogP contribution in [0.2, 0.25) is 5.02 Å². The monoisotopic (exact) mass is 330 g/mol. The maximum absolute atomic E-state index is 9.46. The molecule has 0 amide bonds. The highest BCUT2D eigenvalue weighted by Gasteiger charge is 2.44. The number of anilines is 1. The average molecular weight is 331 g/mol. The molecule has 2 aromatic rings. The maximum Gasteiger partial charge on any atom is 0.196 e. The molecule has 0 N–H and O–H groups in total. The van der Waals surface area contributed by atoms with Gasteiger partial charge in [-0.05, 0) is 39.0 Å². The Morgan fingerprint density at radius 3 is 2.83 bits per heavy atom. The van der Waals surface area contributed by atoms with Crippen LogP contribution in [-0.4, -0.2) is 32.1 Å². The van der Waals surface area contributed by atoms with E-state index in [1.54, 1.807) is 10.9 Å². The van der Waals surface area contributed by atoms with Gasteiger partial charge in [-0.25, -0.2) is 0 Å². The lowest BCUT2D eigenvalue weighted by molar-refractivity contribution is 0.484. The summed E-state index contributed by atoms with van der Waals surface area (Å²) in [6.07, 6.45) is 7.04. The first-order valence-electron chi connectivity index (χ1n) is 8.03. The molecule has 0 aromatic carbocycles. The number of aryl methyl sites for hydroxylation is 1. The minimum Gasteiger partial charge on any atom is -0.353 e. The van der Waals surface area contributed by atoms with Crippen molar-refractivity contribution in [3.8, 4) is 11.9 Å². The normalized spacial score (nSPS) is 18.3. The van der Waals surface area contributed by atoms with Crippen molar-refractivity contribution in [2.24, 2.45) is 0 Å². The molecule has 4 rings (SSSR count). The highest BCUT2D eigenvalue weighted by Crippen LogP contribution is 2.44. The number of nitrogens with zero attached hydrogens (tertiary/aromatic N) is 6. The van der Waals surface area contributed by atoms with E-state index in [1.165, 1.54) is 0 Å². The van der Waals surface area contributed by atoms with Gasteiger partial charge in [0.15, 0.2) is 11.6 Å². The molecule has 0 unspecified atom stereocenters. The lowest BCUT2D eigenvalue weighted by atomic mass is 10.1. The fourth-order valence-corrected chi connectivity index (χ4v) is 3.55. The molecule has 1 saturated carbocycles. The SMILES string of the molecule is CN(c1c(C#N)cnn1-c1nn2c(c1Cl)CCCC2)C1(C)CC1. The smallest absolute Gasteiger partial charge is 0.196 e. The summed E-state index contributed by atoms with van der Waals surface area (Å²) >= 11 is 6.59. The molecular weight excluding hydrogens is 312 g/mol. The van der Waals surface area contributed by atoms with Crippen molar-refractivity contribution < 1.29 is 0 Å². The van der Waals surface area contributed by atoms with Gasteiger partial charge in [0.25, 0.3) is 0 Å². The van der Waals surface area contributed by atoms with Crippen molar-refractivity contribution in [1.82, 2.24) is 19.6 Å². The summed E-state index contributed by atoms with van der Waals surface area (Å²) in [4.78, 5) is 2.15. The highest BCUT2D eigenvalue weighted by atomic mass is 35.5. The quantitative estimate of drug-likeness (QED) is 0.868. The van der Waals surface area contributed by atoms with Gasteiger partial charge in [0.05, 0.1) is 11.9 Å². The molecule has 0 bridgehead atoms. The van der Waals surface area contributed by atoms with E-state index in [-0.39, 0.29) is 5.54 Å². The second kappa shape index (κ2) is 5.00. The van der Waals surface area contributed by atoms with Gasteiger partial charge in [0.1, 0.15) is 16.7 Å². The third-order valence-corrected chi connectivity index (χ3v) is 5.56. The van der Waals surface area contributed by atoms with Gasteiger partial charge in [0.2, 0.25) is 0 Å². The zero-order valence-electron chi connectivity index (χ0n) is 13.4. The molecule has 2 aromatic heterocycles. The highest BCUT2D eigenvalue weighted by molar-refractivity contribution is 6.32. The van der Waals surface area contributed by atoms with Gasteiger partial charge >= 0.3 is 0 Å². The lowest BCUT2D eigenvalue weighted by Gasteiger charge is -2.27. The van der Waals surface area contributed by atoms with E-state index < -0.39 is 0 Å². The summed E-state index contributed by atoms with van der Waals surface area (Å²) in [6.45, 7) is 3.09. The standard InChI is InChI=1S/C16H19ClN6/c1-16(6-7-16)21(2)15-11(9-18)10-19-23(15)14-13(17)12-5-3-4-8-22(12)20-14/h10H,3-8H2,1-2H3. The van der Waals surface area contributed by atoms with Gasteiger partial charge in [-0.1, -0.05) is 11.6 Å². The Kier molecular flexibility index (Phi) is 3.17. The van der Waals surface area contributed by atoms with Crippen molar-refractivity contribution in [1.29, 1.82) is 5.26 Å². The zero-order chi connectivity index (χ0) is 16.2. The molecular formula is C16H19ClN6. The molecule has 120 valence electrons. The first-order valence-corrected chi connectivity index (χ1v) is 8.40. The molecule has 0 spiro atoms. The number of nitriles is 1. The number of hydrogen-bond donors (Lipinski definition) is 0. The van der Waals surface area contributed by atoms with E-state index in [1.807, 2.05) is 11.7 Å². The van der Waals surface area contributed by atoms with Crippen molar-refractivity contribution in [3.05, 3.63) is 22.5 Å². The molecule has 23 heavy (non-hydrogen) atoms. The summed E-state index contributed by atoms with van der Waals surface area (Å²) in [7, 11) is 2.02. The van der Waals surface area contributed by atoms with Crippen LogP contribution in [0.4, 0.5) is 5.82 Å². The third-order valence-electron chi connectivity index (χ3n) is 5.18. The summed E-state index contributed by atoms with van der Waals surface area (Å²) in [5, 5.41) is 19.2. The Balaban J connectivity index is 1.86. The van der Waals surface area contributed by atoms with Gasteiger partial charge in [0, 0.05) is 19.1 Å². The third kappa shape index (κ3) is 2.14. The molecule has 3 heterocycles. The van der Waals surface area contributed by atoms with Crippen LogP contribution >= 0.6 is 11.6 Å². The summed E-state index contributed by atoms with van der Waals surface area (Å²) < 4.78 is 3.72. The molecule has 1 aliphatic heterocycles. The second-order valence-electron chi connectivity index (χ2n) is 6.73. The van der Waals surface area contributed by atoms with Crippen LogP contribution in [0.3, 0.4) is 0 Å². The average Bonchev–Trinajstić information content (AvgIpc) is 3.05. The molecule has 1 fully saturated rings. The fraction of sp³-hybridized carbons (Fsp3) is 0.562. The largest absolute Gasteiger partial charge is 0.353 e. The Bertz CT molecular complexity index is 807. The van der Waals surface area contributed by atoms with Crippen LogP contribution in [0.25, 0.3) is 5.82 Å². The zero-order valence-corrected chi connectivity index (χ0v) is 14.1. The van der Waals surface area contributed by atoms with E-state index in [0.717, 1.165) is 50.2 Å². The Morgan fingerprint density at radius 1 is 1.39 bits per heavy atom. The summed E-state index contributed by atoms with van der Waals surface area (Å²) in [5.41, 5.74) is 1.73. The summed E-state index contributed by atoms with van der Waals surface area (Å²) in [5.74, 6) is 1.42. The lowest BCUT2D eigenvalue weighted by Crippen LogP contribution is -2.33. The molecule has 2 aliphatic rings. The van der Waals surface area contributed by atoms with Crippen LogP contribution in [0.1, 0.15) is 43.9 Å². The van der Waals surface area contributed by atoms with Gasteiger partial charge in [-0.3, -0.25) is 4.68 Å². The van der Waals surface area contributed by atoms with Gasteiger partial charge in [-0.15, -0.1) is 0 Å². The van der Waals surface area contributed by atoms with Crippen LogP contribution in [0.15, 0.2) is 6.20 Å². The van der Waals surface area contributed by atoms with E-state index >= 15 is 0 Å². The fourth-order valence-electron chi connectivity index (χ4n) is 3.24. The molecule has 0 saturated heterocycles. The number of rotatable bonds is 3. The topological polar surface area (TPSA) is 62.7 Å². The number of fused-ring (bicyclic) bond motifs is 1. The predicted molar refractivity (Wildman–Crippen MR) is 88.1 cm³/mol. The van der Waals surface area contributed by atoms with Crippen molar-refractivity contribution in [2.45, 2.75) is 51.1 Å². The Hall–Kier alpha value is -2.00. The molecule has 0 radical (unpaired) electrons. The molecule has 1 aliphatic carbocycles. The van der Waals surface area contributed by atoms with Crippen molar-refractivity contribution in [3.63, 3.8) is 0 Å². The number of hydrogen-bond acceptors (Lipinski definition) is 4. The van der Waals surface area contributed by atoms with Gasteiger partial charge < -0.3 is 4.90 Å². The van der Waals surface area contributed by atoms with Gasteiger partial charge in [-0.2, -0.15) is 20.1 Å². The minimum atomic E-state index is 0.0925. The molecule has 7 heteroatoms.